The van der Waals surface area contributed by atoms with Crippen LogP contribution in [0.3, 0.4) is 0 Å². The van der Waals surface area contributed by atoms with Gasteiger partial charge in [-0.3, -0.25) is 14.5 Å². The first-order chi connectivity index (χ1) is 18.3. The molecule has 2 heterocycles. The molecule has 0 radical (unpaired) electrons. The van der Waals surface area contributed by atoms with Crippen molar-refractivity contribution in [3.8, 4) is 0 Å². The minimum absolute atomic E-state index is 0.0472. The highest BCUT2D eigenvalue weighted by atomic mass is 79.9. The average Bonchev–Trinajstić information content (AvgIpc) is 3.16. The van der Waals surface area contributed by atoms with Gasteiger partial charge in [0.05, 0.1) is 18.9 Å². The zero-order chi connectivity index (χ0) is 27.3. The molecule has 0 spiro atoms. The van der Waals surface area contributed by atoms with E-state index in [9.17, 15) is 9.59 Å². The summed E-state index contributed by atoms with van der Waals surface area (Å²) in [6.07, 6.45) is 8.45. The van der Waals surface area contributed by atoms with Gasteiger partial charge in [-0.25, -0.2) is 4.98 Å². The van der Waals surface area contributed by atoms with Gasteiger partial charge in [0.1, 0.15) is 18.4 Å². The summed E-state index contributed by atoms with van der Waals surface area (Å²) >= 11 is 18.4. The number of allylic oxidation sites excluding steroid dienone is 2. The average molecular weight is 652 g/mol. The molecule has 3 rings (SSSR count). The number of halogens is 3. The van der Waals surface area contributed by atoms with Crippen LogP contribution in [0.5, 0.6) is 0 Å². The van der Waals surface area contributed by atoms with Crippen LogP contribution in [0, 0.1) is 11.8 Å². The minimum atomic E-state index is -0.351. The van der Waals surface area contributed by atoms with Crippen LogP contribution in [0.4, 0.5) is 0 Å². The summed E-state index contributed by atoms with van der Waals surface area (Å²) in [6.45, 7) is 6.00. The summed E-state index contributed by atoms with van der Waals surface area (Å²) in [6, 6.07) is 3.74. The quantitative estimate of drug-likeness (QED) is 0.0616. The second kappa shape index (κ2) is 17.1. The van der Waals surface area contributed by atoms with Crippen LogP contribution < -0.4 is 0 Å². The van der Waals surface area contributed by atoms with Gasteiger partial charge in [-0.05, 0) is 49.7 Å². The summed E-state index contributed by atoms with van der Waals surface area (Å²) in [4.78, 5) is 30.9. The van der Waals surface area contributed by atoms with Gasteiger partial charge in [-0.15, -0.1) is 23.4 Å². The van der Waals surface area contributed by atoms with Gasteiger partial charge >= 0.3 is 11.9 Å². The Morgan fingerprint density at radius 1 is 1.26 bits per heavy atom. The van der Waals surface area contributed by atoms with E-state index in [1.54, 1.807) is 11.8 Å². The fraction of sp³-hybridized carbons (Fsp3) is 0.667. The number of esters is 2. The van der Waals surface area contributed by atoms with Crippen molar-refractivity contribution in [2.75, 3.05) is 45.2 Å². The molecule has 38 heavy (non-hydrogen) atoms. The highest BCUT2D eigenvalue weighted by Crippen LogP contribution is 2.44. The first kappa shape index (κ1) is 31.7. The van der Waals surface area contributed by atoms with Crippen molar-refractivity contribution in [3.05, 3.63) is 35.1 Å². The SMILES string of the molecule is CC(=O)OCc1cc(SC[C@H]2C(Cl)C(Br)C[C@@H]2CC=CCCCC(=O)OCCN2CCOCC2)cc(Cl)n1. The summed E-state index contributed by atoms with van der Waals surface area (Å²) in [5, 5.41) is 0.427. The maximum absolute atomic E-state index is 12.0. The molecule has 11 heteroatoms. The maximum atomic E-state index is 12.0. The van der Waals surface area contributed by atoms with E-state index in [2.05, 4.69) is 38.0 Å². The number of alkyl halides is 2. The van der Waals surface area contributed by atoms with Gasteiger partial charge in [0.15, 0.2) is 0 Å². The van der Waals surface area contributed by atoms with Gasteiger partial charge in [-0.1, -0.05) is 39.7 Å². The van der Waals surface area contributed by atoms with Gasteiger partial charge < -0.3 is 14.2 Å². The second-order valence-electron chi connectivity index (χ2n) is 9.60. The first-order valence-corrected chi connectivity index (χ1v) is 15.8. The van der Waals surface area contributed by atoms with Crippen LogP contribution in [0.1, 0.15) is 44.7 Å². The number of thioether (sulfide) groups is 1. The number of unbranched alkanes of at least 4 members (excludes halogenated alkanes) is 1. The number of aromatic nitrogens is 1. The van der Waals surface area contributed by atoms with Crippen molar-refractivity contribution >= 4 is 62.8 Å². The lowest BCUT2D eigenvalue weighted by Crippen LogP contribution is -2.38. The molecule has 212 valence electrons. The topological polar surface area (TPSA) is 78.0 Å². The van der Waals surface area contributed by atoms with Crippen molar-refractivity contribution in [1.29, 1.82) is 0 Å². The number of rotatable bonds is 14. The molecule has 0 aromatic carbocycles. The standard InChI is InChI=1S/C27H37BrCl2N2O5S/c1-19(33)37-17-21-15-22(16-25(29)31-21)38-18-23-20(14-24(28)27(23)30)6-4-2-3-5-7-26(34)36-13-10-32-8-11-35-12-9-32/h2,4,15-16,20,23-24,27H,3,5-14,17-18H2,1H3/t20-,23+,24?,27?/m0/s1. The lowest BCUT2D eigenvalue weighted by Gasteiger charge is -2.26. The molecule has 2 unspecified atom stereocenters. The molecule has 4 atom stereocenters. The lowest BCUT2D eigenvalue weighted by molar-refractivity contribution is -0.144. The molecular formula is C27H37BrCl2N2O5S. The fourth-order valence-electron chi connectivity index (χ4n) is 4.61. The monoisotopic (exact) mass is 650 g/mol. The van der Waals surface area contributed by atoms with Crippen LogP contribution in [-0.4, -0.2) is 77.2 Å². The van der Waals surface area contributed by atoms with Crippen molar-refractivity contribution in [1.82, 2.24) is 9.88 Å². The van der Waals surface area contributed by atoms with Crippen molar-refractivity contribution in [2.24, 2.45) is 11.8 Å². The van der Waals surface area contributed by atoms with Crippen LogP contribution in [0.15, 0.2) is 29.2 Å². The molecule has 1 saturated heterocycles. The number of ether oxygens (including phenoxy) is 3. The molecule has 0 amide bonds. The normalized spacial score (nSPS) is 24.1. The van der Waals surface area contributed by atoms with E-state index in [-0.39, 0.29) is 28.7 Å². The molecule has 1 aromatic rings. The fourth-order valence-corrected chi connectivity index (χ4v) is 7.56. The number of hydrogen-bond acceptors (Lipinski definition) is 8. The Morgan fingerprint density at radius 2 is 2.05 bits per heavy atom. The molecule has 0 N–H and O–H groups in total. The minimum Gasteiger partial charge on any atom is -0.464 e. The van der Waals surface area contributed by atoms with Crippen LogP contribution >= 0.6 is 50.9 Å². The van der Waals surface area contributed by atoms with E-state index in [4.69, 9.17) is 37.4 Å². The van der Waals surface area contributed by atoms with Crippen molar-refractivity contribution in [3.63, 3.8) is 0 Å². The molecule has 2 fully saturated rings. The summed E-state index contributed by atoms with van der Waals surface area (Å²) in [7, 11) is 0. The van der Waals surface area contributed by atoms with Crippen LogP contribution in [-0.2, 0) is 30.4 Å². The Labute approximate surface area is 248 Å². The predicted molar refractivity (Wildman–Crippen MR) is 155 cm³/mol. The van der Waals surface area contributed by atoms with E-state index in [0.29, 0.717) is 35.7 Å². The zero-order valence-electron chi connectivity index (χ0n) is 21.8. The van der Waals surface area contributed by atoms with E-state index in [0.717, 1.165) is 69.2 Å². The molecule has 1 saturated carbocycles. The molecule has 0 bridgehead atoms. The maximum Gasteiger partial charge on any atom is 0.305 e. The largest absolute Gasteiger partial charge is 0.464 e. The Hall–Kier alpha value is -0.840. The van der Waals surface area contributed by atoms with Gasteiger partial charge in [-0.2, -0.15) is 0 Å². The number of carbonyl (C=O) groups excluding carboxylic acids is 2. The number of morpholine rings is 1. The van der Waals surface area contributed by atoms with Gasteiger partial charge in [0.2, 0.25) is 0 Å². The van der Waals surface area contributed by atoms with E-state index in [1.807, 2.05) is 12.1 Å². The molecule has 1 aromatic heterocycles. The predicted octanol–water partition coefficient (Wildman–Crippen LogP) is 5.89. The summed E-state index contributed by atoms with van der Waals surface area (Å²) in [5.74, 6) is 1.18. The number of carbonyl (C=O) groups is 2. The third-order valence-corrected chi connectivity index (χ3v) is 9.90. The van der Waals surface area contributed by atoms with E-state index in [1.165, 1.54) is 6.92 Å². The molecular weight excluding hydrogens is 615 g/mol. The van der Waals surface area contributed by atoms with Crippen LogP contribution in [0.2, 0.25) is 5.15 Å². The van der Waals surface area contributed by atoms with Crippen molar-refractivity contribution in [2.45, 2.75) is 60.7 Å². The second-order valence-corrected chi connectivity index (χ2v) is 12.8. The van der Waals surface area contributed by atoms with Gasteiger partial charge in [0, 0.05) is 53.8 Å². The lowest BCUT2D eigenvalue weighted by atomic mass is 9.94. The molecule has 7 nitrogen and oxygen atoms in total. The Kier molecular flexibility index (Phi) is 14.2. The number of pyridine rings is 1. The van der Waals surface area contributed by atoms with Gasteiger partial charge in [0.25, 0.3) is 0 Å². The highest BCUT2D eigenvalue weighted by molar-refractivity contribution is 9.09. The zero-order valence-corrected chi connectivity index (χ0v) is 25.7. The number of hydrogen-bond donors (Lipinski definition) is 0. The number of nitrogens with zero attached hydrogens (tertiary/aromatic N) is 2. The highest BCUT2D eigenvalue weighted by Gasteiger charge is 2.40. The third kappa shape index (κ3) is 11.3. The van der Waals surface area contributed by atoms with E-state index < -0.39 is 0 Å². The molecule has 2 aliphatic rings. The van der Waals surface area contributed by atoms with Crippen LogP contribution in [0.25, 0.3) is 0 Å². The summed E-state index contributed by atoms with van der Waals surface area (Å²) in [5.41, 5.74) is 0.628. The molecule has 1 aliphatic carbocycles. The smallest absolute Gasteiger partial charge is 0.305 e. The third-order valence-electron chi connectivity index (χ3n) is 6.71. The first-order valence-electron chi connectivity index (χ1n) is 13.1. The molecule has 1 aliphatic heterocycles. The van der Waals surface area contributed by atoms with Crippen molar-refractivity contribution < 1.29 is 23.8 Å². The Balaban J connectivity index is 1.36. The Morgan fingerprint density at radius 3 is 2.82 bits per heavy atom. The Bertz CT molecular complexity index is 935. The summed E-state index contributed by atoms with van der Waals surface area (Å²) < 4.78 is 15.8. The van der Waals surface area contributed by atoms with E-state index >= 15 is 0 Å².